The summed E-state index contributed by atoms with van der Waals surface area (Å²) in [7, 11) is -3.45. The summed E-state index contributed by atoms with van der Waals surface area (Å²) in [5.74, 6) is 1.27. The number of aliphatic hydroxyl groups excluding tert-OH is 1. The van der Waals surface area contributed by atoms with E-state index in [4.69, 9.17) is 9.52 Å². The number of rotatable bonds is 6. The molecule has 0 saturated heterocycles. The number of sulfonamides is 1. The van der Waals surface area contributed by atoms with Gasteiger partial charge in [0.1, 0.15) is 12.3 Å². The largest absolute Gasteiger partial charge is 0.457 e. The Balaban J connectivity index is 2.06. The van der Waals surface area contributed by atoms with Gasteiger partial charge in [0.05, 0.1) is 12.9 Å². The summed E-state index contributed by atoms with van der Waals surface area (Å²) in [4.78, 5) is 8.25. The van der Waals surface area contributed by atoms with Crippen LogP contribution in [0.25, 0.3) is 10.8 Å². The van der Waals surface area contributed by atoms with Gasteiger partial charge in [-0.05, 0) is 12.1 Å². The zero-order valence-electron chi connectivity index (χ0n) is 11.8. The molecule has 0 aliphatic carbocycles. The van der Waals surface area contributed by atoms with E-state index in [1.54, 1.807) is 18.3 Å². The minimum absolute atomic E-state index is 0.0590. The van der Waals surface area contributed by atoms with Crippen LogP contribution in [0, 0.1) is 0 Å². The second kappa shape index (κ2) is 7.38. The number of guanidine groups is 1. The molecule has 0 aliphatic rings. The van der Waals surface area contributed by atoms with Crippen molar-refractivity contribution in [1.82, 2.24) is 15.0 Å². The number of aliphatic imine (C=N–C) groups is 1. The van der Waals surface area contributed by atoms with Gasteiger partial charge in [-0.2, -0.15) is 0 Å². The topological polar surface area (TPSA) is 117 Å². The molecule has 0 fully saturated rings. The van der Waals surface area contributed by atoms with Crippen LogP contribution in [0.4, 0.5) is 0 Å². The number of hydrogen-bond donors (Lipinski definition) is 3. The highest BCUT2D eigenvalue weighted by Gasteiger charge is 2.09. The van der Waals surface area contributed by atoms with E-state index < -0.39 is 10.0 Å². The van der Waals surface area contributed by atoms with Crippen molar-refractivity contribution >= 4 is 27.3 Å². The fourth-order valence-corrected chi connectivity index (χ4v) is 2.64. The van der Waals surface area contributed by atoms with Crippen LogP contribution >= 0.6 is 11.3 Å². The molecule has 2 heterocycles. The summed E-state index contributed by atoms with van der Waals surface area (Å²) in [5, 5.41) is 14.1. The molecule has 0 atom stereocenters. The van der Waals surface area contributed by atoms with Crippen LogP contribution in [0.15, 0.2) is 33.1 Å². The molecule has 0 aliphatic heterocycles. The van der Waals surface area contributed by atoms with Crippen molar-refractivity contribution in [1.29, 1.82) is 0 Å². The molecule has 0 amide bonds. The molecular formula is C12H16N4O4S2. The Morgan fingerprint density at radius 3 is 2.95 bits per heavy atom. The SMILES string of the molecule is CS(=O)(=O)NC(=NCc1ccc(-c2nccs2)o1)NCCO. The van der Waals surface area contributed by atoms with Crippen molar-refractivity contribution in [2.75, 3.05) is 19.4 Å². The minimum atomic E-state index is -3.45. The van der Waals surface area contributed by atoms with Gasteiger partial charge in [0.15, 0.2) is 10.8 Å². The van der Waals surface area contributed by atoms with Crippen LogP contribution in [0.3, 0.4) is 0 Å². The first-order valence-electron chi connectivity index (χ1n) is 6.33. The van der Waals surface area contributed by atoms with E-state index in [1.807, 2.05) is 5.38 Å². The smallest absolute Gasteiger partial charge is 0.232 e. The summed E-state index contributed by atoms with van der Waals surface area (Å²) in [6.45, 7) is 0.199. The van der Waals surface area contributed by atoms with Gasteiger partial charge < -0.3 is 14.8 Å². The Labute approximate surface area is 132 Å². The van der Waals surface area contributed by atoms with Gasteiger partial charge in [-0.1, -0.05) is 0 Å². The van der Waals surface area contributed by atoms with Crippen molar-refractivity contribution in [2.45, 2.75) is 6.54 Å². The van der Waals surface area contributed by atoms with E-state index in [9.17, 15) is 8.42 Å². The molecule has 2 aromatic heterocycles. The maximum atomic E-state index is 11.3. The van der Waals surface area contributed by atoms with Gasteiger partial charge in [-0.3, -0.25) is 4.72 Å². The van der Waals surface area contributed by atoms with Crippen LogP contribution < -0.4 is 10.0 Å². The third kappa shape index (κ3) is 5.13. The first-order chi connectivity index (χ1) is 10.5. The Kier molecular flexibility index (Phi) is 5.52. The zero-order chi connectivity index (χ0) is 16.0. The summed E-state index contributed by atoms with van der Waals surface area (Å²) in [6, 6.07) is 3.54. The molecule has 10 heteroatoms. The number of aliphatic hydroxyl groups is 1. The minimum Gasteiger partial charge on any atom is -0.457 e. The third-order valence-electron chi connectivity index (χ3n) is 2.38. The van der Waals surface area contributed by atoms with Gasteiger partial charge in [0.2, 0.25) is 16.0 Å². The van der Waals surface area contributed by atoms with E-state index >= 15 is 0 Å². The molecule has 0 spiro atoms. The summed E-state index contributed by atoms with van der Waals surface area (Å²) >= 11 is 1.46. The Morgan fingerprint density at radius 2 is 2.32 bits per heavy atom. The molecule has 0 aromatic carbocycles. The number of nitrogens with one attached hydrogen (secondary N) is 2. The standard InChI is InChI=1S/C12H16N4O4S2/c1-22(18,19)16-12(14-4-6-17)15-8-9-2-3-10(20-9)11-13-5-7-21-11/h2-3,5,7,17H,4,6,8H2,1H3,(H2,14,15,16). The number of aromatic nitrogens is 1. The van der Waals surface area contributed by atoms with E-state index in [1.165, 1.54) is 11.3 Å². The number of thiazole rings is 1. The average Bonchev–Trinajstić information content (AvgIpc) is 3.10. The van der Waals surface area contributed by atoms with Crippen LogP contribution in [0.5, 0.6) is 0 Å². The predicted molar refractivity (Wildman–Crippen MR) is 84.0 cm³/mol. The molecule has 0 bridgehead atoms. The van der Waals surface area contributed by atoms with Crippen molar-refractivity contribution < 1.29 is 17.9 Å². The van der Waals surface area contributed by atoms with E-state index in [-0.39, 0.29) is 25.7 Å². The van der Waals surface area contributed by atoms with Crippen LogP contribution in [-0.4, -0.2) is 43.9 Å². The van der Waals surface area contributed by atoms with Gasteiger partial charge in [-0.15, -0.1) is 11.3 Å². The summed E-state index contributed by atoms with van der Waals surface area (Å²) < 4.78 is 30.3. The van der Waals surface area contributed by atoms with E-state index in [0.717, 1.165) is 11.3 Å². The van der Waals surface area contributed by atoms with Crippen molar-refractivity contribution in [2.24, 2.45) is 4.99 Å². The molecule has 2 aromatic rings. The van der Waals surface area contributed by atoms with Crippen molar-refractivity contribution in [3.63, 3.8) is 0 Å². The molecule has 22 heavy (non-hydrogen) atoms. The average molecular weight is 344 g/mol. The Morgan fingerprint density at radius 1 is 1.50 bits per heavy atom. The van der Waals surface area contributed by atoms with Gasteiger partial charge in [0, 0.05) is 18.1 Å². The van der Waals surface area contributed by atoms with Crippen LogP contribution in [0.2, 0.25) is 0 Å². The van der Waals surface area contributed by atoms with Crippen LogP contribution in [0.1, 0.15) is 5.76 Å². The molecule has 0 unspecified atom stereocenters. The Bertz CT molecular complexity index is 722. The highest BCUT2D eigenvalue weighted by Crippen LogP contribution is 2.24. The zero-order valence-corrected chi connectivity index (χ0v) is 13.4. The summed E-state index contributed by atoms with van der Waals surface area (Å²) in [5.41, 5.74) is 0. The van der Waals surface area contributed by atoms with Crippen LogP contribution in [-0.2, 0) is 16.6 Å². The normalized spacial score (nSPS) is 12.4. The molecule has 0 radical (unpaired) electrons. The molecule has 120 valence electrons. The van der Waals surface area contributed by atoms with Crippen molar-refractivity contribution in [3.8, 4) is 10.8 Å². The lowest BCUT2D eigenvalue weighted by atomic mass is 10.4. The second-order valence-corrected chi connectivity index (χ2v) is 6.94. The lowest BCUT2D eigenvalue weighted by molar-refractivity contribution is 0.300. The highest BCUT2D eigenvalue weighted by atomic mass is 32.2. The number of furan rings is 1. The quantitative estimate of drug-likeness (QED) is 0.515. The van der Waals surface area contributed by atoms with Gasteiger partial charge in [0.25, 0.3) is 0 Å². The lowest BCUT2D eigenvalue weighted by Crippen LogP contribution is -2.41. The summed E-state index contributed by atoms with van der Waals surface area (Å²) in [6.07, 6.45) is 2.71. The van der Waals surface area contributed by atoms with Gasteiger partial charge >= 0.3 is 0 Å². The molecule has 8 nitrogen and oxygen atoms in total. The highest BCUT2D eigenvalue weighted by molar-refractivity contribution is 7.89. The second-order valence-electron chi connectivity index (χ2n) is 4.29. The maximum Gasteiger partial charge on any atom is 0.232 e. The fourth-order valence-electron chi connectivity index (χ4n) is 1.55. The molecule has 3 N–H and O–H groups in total. The predicted octanol–water partition coefficient (Wildman–Crippen LogP) is 0.390. The molecule has 2 rings (SSSR count). The maximum absolute atomic E-state index is 11.3. The molecular weight excluding hydrogens is 328 g/mol. The number of nitrogens with zero attached hydrogens (tertiary/aromatic N) is 2. The lowest BCUT2D eigenvalue weighted by Gasteiger charge is -2.09. The van der Waals surface area contributed by atoms with Gasteiger partial charge in [-0.25, -0.2) is 18.4 Å². The van der Waals surface area contributed by atoms with E-state index in [2.05, 4.69) is 20.0 Å². The van der Waals surface area contributed by atoms with Crippen molar-refractivity contribution in [3.05, 3.63) is 29.5 Å². The first kappa shape index (κ1) is 16.5. The molecule has 0 saturated carbocycles. The monoisotopic (exact) mass is 344 g/mol. The third-order valence-corrected chi connectivity index (χ3v) is 3.74. The number of hydrogen-bond acceptors (Lipinski definition) is 7. The first-order valence-corrected chi connectivity index (χ1v) is 9.10. The fraction of sp³-hybridized carbons (Fsp3) is 0.333. The van der Waals surface area contributed by atoms with E-state index in [0.29, 0.717) is 11.5 Å². The Hall–Kier alpha value is -1.91.